The molecule has 0 amide bonds. The van der Waals surface area contributed by atoms with Gasteiger partial charge in [0.15, 0.2) is 9.84 Å². The number of sulfone groups is 1. The van der Waals surface area contributed by atoms with E-state index in [1.165, 1.54) is 6.08 Å². The summed E-state index contributed by atoms with van der Waals surface area (Å²) in [6.07, 6.45) is 2.56. The minimum atomic E-state index is -3.19. The highest BCUT2D eigenvalue weighted by Crippen LogP contribution is 2.35. The lowest BCUT2D eigenvalue weighted by Gasteiger charge is -2.31. The zero-order valence-corrected chi connectivity index (χ0v) is 8.72. The van der Waals surface area contributed by atoms with Gasteiger partial charge in [-0.1, -0.05) is 6.08 Å². The smallest absolute Gasteiger partial charge is 0.310 e. The largest absolute Gasteiger partial charge is 0.481 e. The number of carboxylic acids is 1. The first-order chi connectivity index (χ1) is 6.42. The maximum atomic E-state index is 11.3. The van der Waals surface area contributed by atoms with Crippen LogP contribution in [-0.4, -0.2) is 31.0 Å². The van der Waals surface area contributed by atoms with Crippen LogP contribution in [0.3, 0.4) is 0 Å². The molecule has 1 N–H and O–H groups in total. The average molecular weight is 218 g/mol. The van der Waals surface area contributed by atoms with Gasteiger partial charge in [0.25, 0.3) is 0 Å². The van der Waals surface area contributed by atoms with E-state index in [0.29, 0.717) is 12.8 Å². The maximum absolute atomic E-state index is 11.3. The van der Waals surface area contributed by atoms with E-state index >= 15 is 0 Å². The summed E-state index contributed by atoms with van der Waals surface area (Å²) in [5.74, 6) is -1.17. The lowest BCUT2D eigenvalue weighted by Crippen LogP contribution is -2.42. The third kappa shape index (κ3) is 2.15. The Morgan fingerprint density at radius 2 is 2.21 bits per heavy atom. The molecule has 1 unspecified atom stereocenters. The standard InChI is InChI=1S/C9H14O4S/c1-2-4-9(8(10)11)5-3-6-14(12,13)7-9/h2H,1,3-7H2,(H,10,11). The van der Waals surface area contributed by atoms with Gasteiger partial charge in [-0.3, -0.25) is 4.79 Å². The Kier molecular flexibility index (Phi) is 2.99. The van der Waals surface area contributed by atoms with Crippen LogP contribution in [0.15, 0.2) is 12.7 Å². The number of allylic oxidation sites excluding steroid dienone is 1. The molecule has 0 aromatic rings. The summed E-state index contributed by atoms with van der Waals surface area (Å²) in [6.45, 7) is 3.47. The predicted octanol–water partition coefficient (Wildman–Crippen LogP) is 0.842. The first-order valence-corrected chi connectivity index (χ1v) is 6.29. The van der Waals surface area contributed by atoms with Crippen LogP contribution in [0.5, 0.6) is 0 Å². The van der Waals surface area contributed by atoms with Gasteiger partial charge in [-0.05, 0) is 19.3 Å². The fourth-order valence-electron chi connectivity index (χ4n) is 1.89. The van der Waals surface area contributed by atoms with Crippen molar-refractivity contribution < 1.29 is 18.3 Å². The molecule has 0 bridgehead atoms. The number of carbonyl (C=O) groups is 1. The summed E-state index contributed by atoms with van der Waals surface area (Å²) < 4.78 is 22.7. The molecule has 1 aliphatic heterocycles. The van der Waals surface area contributed by atoms with E-state index in [2.05, 4.69) is 6.58 Å². The van der Waals surface area contributed by atoms with E-state index in [9.17, 15) is 13.2 Å². The molecule has 1 fully saturated rings. The molecule has 0 saturated carbocycles. The van der Waals surface area contributed by atoms with Gasteiger partial charge in [0.1, 0.15) is 0 Å². The summed E-state index contributed by atoms with van der Waals surface area (Å²) in [5.41, 5.74) is -1.13. The minimum Gasteiger partial charge on any atom is -0.481 e. The minimum absolute atomic E-state index is 0.110. The molecule has 0 aromatic carbocycles. The molecule has 1 rings (SSSR count). The molecule has 1 heterocycles. The highest BCUT2D eigenvalue weighted by Gasteiger charge is 2.44. The molecule has 0 aromatic heterocycles. The van der Waals surface area contributed by atoms with Crippen LogP contribution in [-0.2, 0) is 14.6 Å². The molecule has 1 saturated heterocycles. The fourth-order valence-corrected chi connectivity index (χ4v) is 3.85. The van der Waals surface area contributed by atoms with Gasteiger partial charge >= 0.3 is 5.97 Å². The molecule has 0 spiro atoms. The van der Waals surface area contributed by atoms with Crippen LogP contribution in [0.4, 0.5) is 0 Å². The van der Waals surface area contributed by atoms with Crippen molar-refractivity contribution in [1.82, 2.24) is 0 Å². The Morgan fingerprint density at radius 3 is 2.64 bits per heavy atom. The second-order valence-corrected chi connectivity index (χ2v) is 5.96. The third-order valence-corrected chi connectivity index (χ3v) is 4.50. The molecule has 1 aliphatic rings. The van der Waals surface area contributed by atoms with Crippen molar-refractivity contribution in [3.63, 3.8) is 0 Å². The number of hydrogen-bond acceptors (Lipinski definition) is 3. The Morgan fingerprint density at radius 1 is 1.57 bits per heavy atom. The van der Waals surface area contributed by atoms with Crippen LogP contribution >= 0.6 is 0 Å². The van der Waals surface area contributed by atoms with Crippen molar-refractivity contribution in [2.24, 2.45) is 5.41 Å². The molecular weight excluding hydrogens is 204 g/mol. The van der Waals surface area contributed by atoms with Gasteiger partial charge in [0.2, 0.25) is 0 Å². The zero-order valence-electron chi connectivity index (χ0n) is 7.90. The number of hydrogen-bond donors (Lipinski definition) is 1. The average Bonchev–Trinajstić information content (AvgIpc) is 2.02. The van der Waals surface area contributed by atoms with E-state index in [1.807, 2.05) is 0 Å². The van der Waals surface area contributed by atoms with Crippen LogP contribution in [0.2, 0.25) is 0 Å². The van der Waals surface area contributed by atoms with E-state index in [0.717, 1.165) is 0 Å². The highest BCUT2D eigenvalue weighted by molar-refractivity contribution is 7.91. The van der Waals surface area contributed by atoms with Gasteiger partial charge < -0.3 is 5.11 Å². The summed E-state index contributed by atoms with van der Waals surface area (Å²) >= 11 is 0. The fraction of sp³-hybridized carbons (Fsp3) is 0.667. The quantitative estimate of drug-likeness (QED) is 0.712. The summed E-state index contributed by atoms with van der Waals surface area (Å²) in [7, 11) is -3.19. The van der Waals surface area contributed by atoms with Crippen LogP contribution in [0, 0.1) is 5.41 Å². The van der Waals surface area contributed by atoms with Crippen molar-refractivity contribution in [2.75, 3.05) is 11.5 Å². The van der Waals surface area contributed by atoms with E-state index in [-0.39, 0.29) is 17.9 Å². The molecule has 14 heavy (non-hydrogen) atoms. The lowest BCUT2D eigenvalue weighted by atomic mass is 9.82. The number of carboxylic acid groups (broad SMARTS) is 1. The topological polar surface area (TPSA) is 71.4 Å². The Bertz CT molecular complexity index is 344. The Balaban J connectivity index is 2.98. The molecule has 5 heteroatoms. The maximum Gasteiger partial charge on any atom is 0.310 e. The number of aliphatic carboxylic acids is 1. The Hall–Kier alpha value is -0.840. The summed E-state index contributed by atoms with van der Waals surface area (Å²) in [5, 5.41) is 9.04. The van der Waals surface area contributed by atoms with Gasteiger partial charge in [-0.2, -0.15) is 0 Å². The molecule has 80 valence electrons. The number of rotatable bonds is 3. The first-order valence-electron chi connectivity index (χ1n) is 4.47. The van der Waals surface area contributed by atoms with Gasteiger partial charge in [-0.15, -0.1) is 6.58 Å². The van der Waals surface area contributed by atoms with Crippen molar-refractivity contribution in [1.29, 1.82) is 0 Å². The molecule has 1 atom stereocenters. The molecule has 0 aliphatic carbocycles. The van der Waals surface area contributed by atoms with Crippen LogP contribution < -0.4 is 0 Å². The molecular formula is C9H14O4S. The van der Waals surface area contributed by atoms with Crippen molar-refractivity contribution in [3.05, 3.63) is 12.7 Å². The summed E-state index contributed by atoms with van der Waals surface area (Å²) in [4.78, 5) is 11.0. The van der Waals surface area contributed by atoms with E-state index < -0.39 is 21.2 Å². The molecule has 0 radical (unpaired) electrons. The van der Waals surface area contributed by atoms with Gasteiger partial charge in [-0.25, -0.2) is 8.42 Å². The van der Waals surface area contributed by atoms with Crippen molar-refractivity contribution in [2.45, 2.75) is 19.3 Å². The van der Waals surface area contributed by atoms with E-state index in [4.69, 9.17) is 5.11 Å². The zero-order chi connectivity index (χ0) is 10.8. The van der Waals surface area contributed by atoms with Crippen LogP contribution in [0.25, 0.3) is 0 Å². The van der Waals surface area contributed by atoms with Gasteiger partial charge in [0, 0.05) is 0 Å². The van der Waals surface area contributed by atoms with Crippen molar-refractivity contribution in [3.8, 4) is 0 Å². The normalized spacial score (nSPS) is 30.9. The SMILES string of the molecule is C=CCC1(C(=O)O)CCCS(=O)(=O)C1. The van der Waals surface area contributed by atoms with E-state index in [1.54, 1.807) is 0 Å². The summed E-state index contributed by atoms with van der Waals surface area (Å²) in [6, 6.07) is 0. The Labute approximate surface area is 83.5 Å². The molecule has 4 nitrogen and oxygen atoms in total. The van der Waals surface area contributed by atoms with Crippen LogP contribution in [0.1, 0.15) is 19.3 Å². The first kappa shape index (κ1) is 11.2. The van der Waals surface area contributed by atoms with Gasteiger partial charge in [0.05, 0.1) is 16.9 Å². The second-order valence-electron chi connectivity index (χ2n) is 3.77. The second kappa shape index (κ2) is 3.73. The third-order valence-electron chi connectivity index (χ3n) is 2.60. The monoisotopic (exact) mass is 218 g/mol. The predicted molar refractivity (Wildman–Crippen MR) is 52.8 cm³/mol. The van der Waals surface area contributed by atoms with Crippen molar-refractivity contribution >= 4 is 15.8 Å². The highest BCUT2D eigenvalue weighted by atomic mass is 32.2. The lowest BCUT2D eigenvalue weighted by molar-refractivity contribution is -0.148.